The van der Waals surface area contributed by atoms with Gasteiger partial charge in [-0.05, 0) is 50.6 Å². The fourth-order valence-corrected chi connectivity index (χ4v) is 4.78. The zero-order valence-corrected chi connectivity index (χ0v) is 23.0. The van der Waals surface area contributed by atoms with Crippen LogP contribution in [0.1, 0.15) is 76.1 Å². The molecule has 0 aromatic heterocycles. The first kappa shape index (κ1) is 28.4. The monoisotopic (exact) mass is 508 g/mol. The van der Waals surface area contributed by atoms with Gasteiger partial charge in [-0.25, -0.2) is 0 Å². The maximum atomic E-state index is 13.1. The van der Waals surface area contributed by atoms with Gasteiger partial charge in [-0.1, -0.05) is 51.2 Å². The summed E-state index contributed by atoms with van der Waals surface area (Å²) in [7, 11) is 1.70. The van der Waals surface area contributed by atoms with Crippen LogP contribution in [-0.2, 0) is 4.79 Å². The molecule has 0 bridgehead atoms. The molecule has 0 saturated carbocycles. The summed E-state index contributed by atoms with van der Waals surface area (Å²) in [5.41, 5.74) is 3.25. The van der Waals surface area contributed by atoms with Crippen molar-refractivity contribution in [3.8, 4) is 5.75 Å². The smallest absolute Gasteiger partial charge is 0.253 e. The van der Waals surface area contributed by atoms with E-state index in [4.69, 9.17) is 4.74 Å². The Kier molecular flexibility index (Phi) is 11.1. The standard InChI is InChI=1S/C30H44N4O3/c1-5-6-7-8-9-10-15-29(35)32-24-16-17-26(25(22-24)30(36)31-23(2)3)33-18-20-34(21-19-33)27-13-11-12-14-28(27)37-4/h11-14,16-17,22-23H,5-10,15,18-21H2,1-4H3,(H,31,36)(H,32,35). The van der Waals surface area contributed by atoms with Crippen molar-refractivity contribution in [2.75, 3.05) is 48.4 Å². The lowest BCUT2D eigenvalue weighted by Crippen LogP contribution is -2.47. The minimum absolute atomic E-state index is 0.00359. The summed E-state index contributed by atoms with van der Waals surface area (Å²) in [6, 6.07) is 13.8. The van der Waals surface area contributed by atoms with Crippen LogP contribution in [0.2, 0.25) is 0 Å². The highest BCUT2D eigenvalue weighted by atomic mass is 16.5. The van der Waals surface area contributed by atoms with Crippen molar-refractivity contribution in [2.24, 2.45) is 0 Å². The molecule has 2 N–H and O–H groups in total. The lowest BCUT2D eigenvalue weighted by atomic mass is 10.1. The van der Waals surface area contributed by atoms with E-state index < -0.39 is 0 Å². The number of amides is 2. The Bertz CT molecular complexity index is 1020. The molecule has 202 valence electrons. The van der Waals surface area contributed by atoms with Crippen molar-refractivity contribution in [1.29, 1.82) is 0 Å². The molecule has 0 unspecified atom stereocenters. The van der Waals surface area contributed by atoms with E-state index in [2.05, 4.69) is 33.4 Å². The Morgan fingerprint density at radius 2 is 1.54 bits per heavy atom. The maximum Gasteiger partial charge on any atom is 0.253 e. The summed E-state index contributed by atoms with van der Waals surface area (Å²) < 4.78 is 5.55. The van der Waals surface area contributed by atoms with E-state index in [1.807, 2.05) is 50.2 Å². The van der Waals surface area contributed by atoms with Crippen LogP contribution in [0.15, 0.2) is 42.5 Å². The van der Waals surface area contributed by atoms with Crippen LogP contribution in [0.4, 0.5) is 17.1 Å². The van der Waals surface area contributed by atoms with Crippen LogP contribution in [0.5, 0.6) is 5.75 Å². The molecule has 3 rings (SSSR count). The van der Waals surface area contributed by atoms with Gasteiger partial charge in [0.05, 0.1) is 18.4 Å². The van der Waals surface area contributed by atoms with Crippen LogP contribution in [0, 0.1) is 0 Å². The van der Waals surface area contributed by atoms with Crippen molar-refractivity contribution in [2.45, 2.75) is 71.8 Å². The molecule has 0 atom stereocenters. The van der Waals surface area contributed by atoms with Gasteiger partial charge in [0, 0.05) is 50.0 Å². The minimum atomic E-state index is -0.121. The molecule has 2 aromatic rings. The van der Waals surface area contributed by atoms with E-state index in [1.54, 1.807) is 7.11 Å². The first-order valence-electron chi connectivity index (χ1n) is 13.8. The summed E-state index contributed by atoms with van der Waals surface area (Å²) in [5.74, 6) is 0.752. The highest BCUT2D eigenvalue weighted by Crippen LogP contribution is 2.31. The normalized spacial score (nSPS) is 13.5. The number of methoxy groups -OCH3 is 1. The van der Waals surface area contributed by atoms with Gasteiger partial charge in [-0.2, -0.15) is 0 Å². The maximum absolute atomic E-state index is 13.1. The second-order valence-corrected chi connectivity index (χ2v) is 10.1. The van der Waals surface area contributed by atoms with Gasteiger partial charge < -0.3 is 25.2 Å². The molecule has 2 aromatic carbocycles. The topological polar surface area (TPSA) is 73.9 Å². The number of piperazine rings is 1. The number of para-hydroxylation sites is 2. The number of carbonyl (C=O) groups excluding carboxylic acids is 2. The molecule has 7 nitrogen and oxygen atoms in total. The van der Waals surface area contributed by atoms with Crippen LogP contribution in [0.3, 0.4) is 0 Å². The lowest BCUT2D eigenvalue weighted by molar-refractivity contribution is -0.116. The largest absolute Gasteiger partial charge is 0.495 e. The van der Waals surface area contributed by atoms with Gasteiger partial charge in [0.15, 0.2) is 0 Å². The van der Waals surface area contributed by atoms with E-state index in [9.17, 15) is 9.59 Å². The number of carbonyl (C=O) groups is 2. The number of unbranched alkanes of at least 4 members (excludes halogenated alkanes) is 5. The Labute approximate surface area is 222 Å². The van der Waals surface area contributed by atoms with E-state index in [1.165, 1.54) is 25.7 Å². The van der Waals surface area contributed by atoms with E-state index >= 15 is 0 Å². The predicted molar refractivity (Wildman–Crippen MR) is 153 cm³/mol. The van der Waals surface area contributed by atoms with Gasteiger partial charge in [0.2, 0.25) is 5.91 Å². The number of nitrogens with one attached hydrogen (secondary N) is 2. The molecule has 0 aliphatic carbocycles. The molecule has 7 heteroatoms. The number of hydrogen-bond donors (Lipinski definition) is 2. The van der Waals surface area contributed by atoms with Crippen molar-refractivity contribution in [3.05, 3.63) is 48.0 Å². The van der Waals surface area contributed by atoms with E-state index in [0.717, 1.165) is 56.1 Å². The van der Waals surface area contributed by atoms with Crippen LogP contribution < -0.4 is 25.2 Å². The SMILES string of the molecule is CCCCCCCCC(=O)Nc1ccc(N2CCN(c3ccccc3OC)CC2)c(C(=O)NC(C)C)c1. The van der Waals surface area contributed by atoms with E-state index in [-0.39, 0.29) is 17.9 Å². The predicted octanol–water partition coefficient (Wildman–Crippen LogP) is 5.85. The molecule has 0 spiro atoms. The fourth-order valence-electron chi connectivity index (χ4n) is 4.78. The third kappa shape index (κ3) is 8.41. The molecule has 37 heavy (non-hydrogen) atoms. The highest BCUT2D eigenvalue weighted by molar-refractivity contribution is 6.02. The number of rotatable bonds is 13. The summed E-state index contributed by atoms with van der Waals surface area (Å²) in [6.45, 7) is 9.32. The highest BCUT2D eigenvalue weighted by Gasteiger charge is 2.24. The summed E-state index contributed by atoms with van der Waals surface area (Å²) in [4.78, 5) is 30.3. The van der Waals surface area contributed by atoms with Crippen molar-refractivity contribution >= 4 is 28.9 Å². The molecular formula is C30H44N4O3. The Morgan fingerprint density at radius 3 is 2.22 bits per heavy atom. The third-order valence-corrected chi connectivity index (χ3v) is 6.75. The average Bonchev–Trinajstić information content (AvgIpc) is 2.90. The quantitative estimate of drug-likeness (QED) is 0.332. The first-order chi connectivity index (χ1) is 17.9. The Balaban J connectivity index is 1.67. The Hall–Kier alpha value is -3.22. The number of hydrogen-bond acceptors (Lipinski definition) is 5. The molecule has 1 fully saturated rings. The van der Waals surface area contributed by atoms with Crippen LogP contribution in [-0.4, -0.2) is 51.1 Å². The number of anilines is 3. The van der Waals surface area contributed by atoms with Gasteiger partial charge >= 0.3 is 0 Å². The van der Waals surface area contributed by atoms with Crippen LogP contribution in [0.25, 0.3) is 0 Å². The third-order valence-electron chi connectivity index (χ3n) is 6.75. The van der Waals surface area contributed by atoms with Gasteiger partial charge in [0.25, 0.3) is 5.91 Å². The molecule has 0 radical (unpaired) electrons. The average molecular weight is 509 g/mol. The van der Waals surface area contributed by atoms with Crippen molar-refractivity contribution in [3.63, 3.8) is 0 Å². The summed E-state index contributed by atoms with van der Waals surface area (Å²) >= 11 is 0. The van der Waals surface area contributed by atoms with E-state index in [0.29, 0.717) is 17.7 Å². The van der Waals surface area contributed by atoms with Gasteiger partial charge in [0.1, 0.15) is 5.75 Å². The second kappa shape index (κ2) is 14.5. The molecule has 2 amide bonds. The molecular weight excluding hydrogens is 464 g/mol. The van der Waals surface area contributed by atoms with Gasteiger partial charge in [-0.3, -0.25) is 9.59 Å². The molecule has 1 aliphatic rings. The molecule has 1 aliphatic heterocycles. The lowest BCUT2D eigenvalue weighted by Gasteiger charge is -2.38. The Morgan fingerprint density at radius 1 is 0.892 bits per heavy atom. The molecule has 1 saturated heterocycles. The minimum Gasteiger partial charge on any atom is -0.495 e. The number of nitrogens with zero attached hydrogens (tertiary/aromatic N) is 2. The number of benzene rings is 2. The van der Waals surface area contributed by atoms with Gasteiger partial charge in [-0.15, -0.1) is 0 Å². The molecule has 1 heterocycles. The summed E-state index contributed by atoms with van der Waals surface area (Å²) in [6.07, 6.45) is 7.38. The fraction of sp³-hybridized carbons (Fsp3) is 0.533. The first-order valence-corrected chi connectivity index (χ1v) is 13.8. The zero-order chi connectivity index (χ0) is 26.6. The number of ether oxygens (including phenoxy) is 1. The second-order valence-electron chi connectivity index (χ2n) is 10.1. The zero-order valence-electron chi connectivity index (χ0n) is 23.0. The van der Waals surface area contributed by atoms with Crippen molar-refractivity contribution < 1.29 is 14.3 Å². The summed E-state index contributed by atoms with van der Waals surface area (Å²) in [5, 5.41) is 6.03. The van der Waals surface area contributed by atoms with Crippen molar-refractivity contribution in [1.82, 2.24) is 5.32 Å². The van der Waals surface area contributed by atoms with Crippen LogP contribution >= 0.6 is 0 Å².